The molecular weight excluding hydrogens is 758 g/mol. The SMILES string of the molecule is O=C(O)c1ccc(Oc2cccc(N(c3cccc(Oc4ccc(C(=O)O)c(C(=O)O)c4)c3)c3cccc(Oc4ccc(C(=O)O)c(C(=O)O)c4)c3)c2)cc1C(=O)O. The Morgan fingerprint density at radius 3 is 0.793 bits per heavy atom. The fourth-order valence-corrected chi connectivity index (χ4v) is 5.76. The number of hydrogen-bond donors (Lipinski definition) is 6. The van der Waals surface area contributed by atoms with Gasteiger partial charge in [0.15, 0.2) is 0 Å². The first kappa shape index (κ1) is 39.0. The van der Waals surface area contributed by atoms with E-state index in [1.54, 1.807) is 77.7 Å². The molecule has 58 heavy (non-hydrogen) atoms. The molecule has 6 rings (SSSR count). The number of carbonyl (C=O) groups is 6. The van der Waals surface area contributed by atoms with Crippen molar-refractivity contribution in [1.82, 2.24) is 0 Å². The molecule has 0 aromatic heterocycles. The number of nitrogens with zero attached hydrogens (tertiary/aromatic N) is 1. The molecular formula is C42H27NO15. The molecule has 16 nitrogen and oxygen atoms in total. The van der Waals surface area contributed by atoms with Crippen molar-refractivity contribution in [1.29, 1.82) is 0 Å². The largest absolute Gasteiger partial charge is 0.478 e. The van der Waals surface area contributed by atoms with Crippen LogP contribution in [0.3, 0.4) is 0 Å². The summed E-state index contributed by atoms with van der Waals surface area (Å²) < 4.78 is 17.9. The molecule has 0 aliphatic carbocycles. The molecule has 0 spiro atoms. The van der Waals surface area contributed by atoms with E-state index in [0.717, 1.165) is 36.4 Å². The Bertz CT molecular complexity index is 2360. The molecule has 6 aromatic rings. The van der Waals surface area contributed by atoms with Gasteiger partial charge < -0.3 is 49.7 Å². The predicted molar refractivity (Wildman–Crippen MR) is 202 cm³/mol. The van der Waals surface area contributed by atoms with Gasteiger partial charge in [-0.25, -0.2) is 28.8 Å². The molecule has 0 saturated heterocycles. The highest BCUT2D eigenvalue weighted by molar-refractivity contribution is 6.03. The van der Waals surface area contributed by atoms with Gasteiger partial charge in [0.2, 0.25) is 0 Å². The molecule has 16 heteroatoms. The first-order valence-corrected chi connectivity index (χ1v) is 16.6. The van der Waals surface area contributed by atoms with Crippen LogP contribution in [-0.2, 0) is 0 Å². The van der Waals surface area contributed by atoms with Crippen molar-refractivity contribution >= 4 is 52.9 Å². The van der Waals surface area contributed by atoms with Crippen molar-refractivity contribution in [3.63, 3.8) is 0 Å². The lowest BCUT2D eigenvalue weighted by Crippen LogP contribution is -2.10. The molecule has 0 saturated carbocycles. The van der Waals surface area contributed by atoms with E-state index in [-0.39, 0.29) is 34.5 Å². The quantitative estimate of drug-likeness (QED) is 0.0569. The van der Waals surface area contributed by atoms with Gasteiger partial charge in [-0.3, -0.25) is 0 Å². The summed E-state index contributed by atoms with van der Waals surface area (Å²) in [6.45, 7) is 0. The van der Waals surface area contributed by atoms with Crippen LogP contribution in [0.1, 0.15) is 62.1 Å². The number of rotatable bonds is 15. The van der Waals surface area contributed by atoms with Gasteiger partial charge in [0, 0.05) is 35.3 Å². The highest BCUT2D eigenvalue weighted by Gasteiger charge is 2.21. The average Bonchev–Trinajstić information content (AvgIpc) is 3.18. The van der Waals surface area contributed by atoms with E-state index in [4.69, 9.17) is 14.2 Å². The van der Waals surface area contributed by atoms with Gasteiger partial charge in [-0.1, -0.05) is 18.2 Å². The Labute approximate surface area is 326 Å². The maximum absolute atomic E-state index is 11.8. The summed E-state index contributed by atoms with van der Waals surface area (Å²) in [5.41, 5.74) is -1.41. The second-order valence-electron chi connectivity index (χ2n) is 12.1. The number of aromatic carboxylic acids is 6. The summed E-state index contributed by atoms with van der Waals surface area (Å²) in [6.07, 6.45) is 0. The molecule has 0 aliphatic rings. The summed E-state index contributed by atoms with van der Waals surface area (Å²) in [5.74, 6) is -8.00. The summed E-state index contributed by atoms with van der Waals surface area (Å²) in [4.78, 5) is 71.9. The molecule has 0 radical (unpaired) electrons. The molecule has 290 valence electrons. The molecule has 0 atom stereocenters. The lowest BCUT2D eigenvalue weighted by atomic mass is 10.1. The smallest absolute Gasteiger partial charge is 0.336 e. The fourth-order valence-electron chi connectivity index (χ4n) is 5.76. The molecule has 6 aromatic carbocycles. The average molecular weight is 786 g/mol. The second-order valence-corrected chi connectivity index (χ2v) is 12.1. The van der Waals surface area contributed by atoms with Crippen molar-refractivity contribution in [2.75, 3.05) is 4.90 Å². The van der Waals surface area contributed by atoms with Crippen molar-refractivity contribution in [2.24, 2.45) is 0 Å². The minimum absolute atomic E-state index is 0.0289. The first-order valence-electron chi connectivity index (χ1n) is 16.6. The van der Waals surface area contributed by atoms with Gasteiger partial charge >= 0.3 is 35.8 Å². The van der Waals surface area contributed by atoms with Crippen molar-refractivity contribution < 1.29 is 73.6 Å². The van der Waals surface area contributed by atoms with Crippen molar-refractivity contribution in [3.05, 3.63) is 161 Å². The number of anilines is 3. The Hall–Kier alpha value is -8.66. The highest BCUT2D eigenvalue weighted by Crippen LogP contribution is 2.41. The molecule has 0 amide bonds. The first-order chi connectivity index (χ1) is 27.7. The zero-order chi connectivity index (χ0) is 41.7. The van der Waals surface area contributed by atoms with Crippen LogP contribution in [0.25, 0.3) is 0 Å². The van der Waals surface area contributed by atoms with Crippen LogP contribution in [-0.4, -0.2) is 66.5 Å². The number of carboxylic acids is 6. The number of ether oxygens (including phenoxy) is 3. The minimum atomic E-state index is -1.47. The summed E-state index contributed by atoms with van der Waals surface area (Å²) in [6, 6.07) is 30.0. The predicted octanol–water partition coefficient (Wildman–Crippen LogP) is 8.72. The number of carboxylic acid groups (broad SMARTS) is 6. The standard InChI is InChI=1S/C42H27NO15/c44-37(45)31-13-10-28(19-34(31)40(50)51)56-25-7-1-4-22(16-25)43(23-5-2-8-26(17-23)57-29-11-14-32(38(46)47)35(20-29)41(52)53)24-6-3-9-27(18-24)58-30-12-15-33(39(48)49)36(21-30)42(54)55/h1-21H,(H,44,45)(H,46,47)(H,48,49)(H,50,51)(H,52,53)(H,54,55). The second kappa shape index (κ2) is 16.4. The van der Waals surface area contributed by atoms with E-state index in [1.807, 2.05) is 0 Å². The van der Waals surface area contributed by atoms with Gasteiger partial charge in [-0.15, -0.1) is 0 Å². The van der Waals surface area contributed by atoms with Gasteiger partial charge in [0.1, 0.15) is 34.5 Å². The Balaban J connectivity index is 1.41. The van der Waals surface area contributed by atoms with Crippen LogP contribution >= 0.6 is 0 Å². The third kappa shape index (κ3) is 8.66. The zero-order valence-electron chi connectivity index (χ0n) is 29.4. The molecule has 6 N–H and O–H groups in total. The third-order valence-electron chi connectivity index (χ3n) is 8.29. The monoisotopic (exact) mass is 785 g/mol. The molecule has 0 heterocycles. The Morgan fingerprint density at radius 1 is 0.310 bits per heavy atom. The van der Waals surface area contributed by atoms with Crippen LogP contribution in [0.5, 0.6) is 34.5 Å². The van der Waals surface area contributed by atoms with E-state index in [0.29, 0.717) is 17.1 Å². The Kier molecular flexibility index (Phi) is 11.0. The summed E-state index contributed by atoms with van der Waals surface area (Å²) >= 11 is 0. The lowest BCUT2D eigenvalue weighted by molar-refractivity contribution is 0.0651. The van der Waals surface area contributed by atoms with E-state index in [9.17, 15) is 59.4 Å². The molecule has 0 aliphatic heterocycles. The van der Waals surface area contributed by atoms with Gasteiger partial charge in [-0.05, 0) is 91.0 Å². The summed E-state index contributed by atoms with van der Waals surface area (Å²) in [7, 11) is 0. The number of benzene rings is 6. The maximum atomic E-state index is 11.8. The topological polar surface area (TPSA) is 255 Å². The van der Waals surface area contributed by atoms with Gasteiger partial charge in [0.25, 0.3) is 0 Å². The molecule has 0 bridgehead atoms. The van der Waals surface area contributed by atoms with Crippen LogP contribution in [0.4, 0.5) is 17.1 Å². The van der Waals surface area contributed by atoms with Crippen LogP contribution in [0.15, 0.2) is 127 Å². The third-order valence-corrected chi connectivity index (χ3v) is 8.29. The normalized spacial score (nSPS) is 10.6. The maximum Gasteiger partial charge on any atom is 0.336 e. The van der Waals surface area contributed by atoms with Gasteiger partial charge in [0.05, 0.1) is 33.4 Å². The Morgan fingerprint density at radius 2 is 0.552 bits per heavy atom. The molecule has 0 unspecified atom stereocenters. The lowest BCUT2D eigenvalue weighted by Gasteiger charge is -2.26. The number of hydrogen-bond acceptors (Lipinski definition) is 10. The highest BCUT2D eigenvalue weighted by atomic mass is 16.5. The zero-order valence-corrected chi connectivity index (χ0v) is 29.4. The van der Waals surface area contributed by atoms with Crippen LogP contribution < -0.4 is 19.1 Å². The van der Waals surface area contributed by atoms with Crippen molar-refractivity contribution in [2.45, 2.75) is 0 Å². The molecule has 0 fully saturated rings. The van der Waals surface area contributed by atoms with Gasteiger partial charge in [-0.2, -0.15) is 0 Å². The van der Waals surface area contributed by atoms with E-state index < -0.39 is 69.2 Å². The van der Waals surface area contributed by atoms with Crippen LogP contribution in [0, 0.1) is 0 Å². The van der Waals surface area contributed by atoms with E-state index >= 15 is 0 Å². The van der Waals surface area contributed by atoms with E-state index in [2.05, 4.69) is 0 Å². The van der Waals surface area contributed by atoms with Crippen molar-refractivity contribution in [3.8, 4) is 34.5 Å². The minimum Gasteiger partial charge on any atom is -0.478 e. The fraction of sp³-hybridized carbons (Fsp3) is 0. The summed E-state index contributed by atoms with van der Waals surface area (Å²) in [5, 5.41) is 57.1. The van der Waals surface area contributed by atoms with Crippen LogP contribution in [0.2, 0.25) is 0 Å². The van der Waals surface area contributed by atoms with E-state index in [1.165, 1.54) is 18.2 Å².